The fraction of sp³-hybridized carbons (Fsp3) is 0.111. The number of nitriles is 1. The molecule has 0 spiro atoms. The van der Waals surface area contributed by atoms with Crippen molar-refractivity contribution in [3.63, 3.8) is 0 Å². The Bertz CT molecular complexity index is 806. The van der Waals surface area contributed by atoms with E-state index in [1.54, 1.807) is 0 Å². The minimum absolute atomic E-state index is 0.00545. The predicted octanol–water partition coefficient (Wildman–Crippen LogP) is 4.52. The molecule has 0 saturated heterocycles. The molecule has 0 bridgehead atoms. The van der Waals surface area contributed by atoms with Crippen LogP contribution in [0.25, 0.3) is 0 Å². The average Bonchev–Trinajstić information content (AvgIpc) is 2.52. The van der Waals surface area contributed by atoms with Crippen molar-refractivity contribution in [3.8, 4) is 6.07 Å². The van der Waals surface area contributed by atoms with Gasteiger partial charge in [-0.25, -0.2) is 0 Å². The fourth-order valence-electron chi connectivity index (χ4n) is 1.96. The number of nitrogens with one attached hydrogen (secondary N) is 2. The zero-order chi connectivity index (χ0) is 16.8. The van der Waals surface area contributed by atoms with E-state index in [2.05, 4.69) is 26.6 Å². The second-order valence-electron chi connectivity index (χ2n) is 5.03. The molecule has 0 aliphatic rings. The van der Waals surface area contributed by atoms with E-state index in [9.17, 15) is 10.1 Å². The van der Waals surface area contributed by atoms with Crippen LogP contribution in [0, 0.1) is 25.2 Å². The smallest absolute Gasteiger partial charge is 0.267 e. The Morgan fingerprint density at radius 2 is 1.96 bits per heavy atom. The molecule has 0 radical (unpaired) electrons. The number of carbonyl (C=O) groups excluding carboxylic acids is 1. The van der Waals surface area contributed by atoms with Crippen LogP contribution in [0.4, 0.5) is 11.4 Å². The van der Waals surface area contributed by atoms with E-state index in [4.69, 9.17) is 0 Å². The van der Waals surface area contributed by atoms with Crippen LogP contribution in [0.15, 0.2) is 58.7 Å². The van der Waals surface area contributed by atoms with Crippen LogP contribution in [0.2, 0.25) is 0 Å². The van der Waals surface area contributed by atoms with E-state index in [0.717, 1.165) is 21.3 Å². The molecule has 5 heteroatoms. The van der Waals surface area contributed by atoms with Crippen molar-refractivity contribution in [1.82, 2.24) is 0 Å². The van der Waals surface area contributed by atoms with Crippen LogP contribution < -0.4 is 10.6 Å². The summed E-state index contributed by atoms with van der Waals surface area (Å²) in [6.45, 7) is 3.90. The second-order valence-corrected chi connectivity index (χ2v) is 5.94. The van der Waals surface area contributed by atoms with Gasteiger partial charge in [-0.3, -0.25) is 4.79 Å². The SMILES string of the molecule is Cc1cccc(NC(=O)/C(C#N)=C\Nc2cccc(Br)c2)c1C. The molecule has 0 fully saturated rings. The normalized spacial score (nSPS) is 10.8. The molecule has 0 aliphatic heterocycles. The van der Waals surface area contributed by atoms with E-state index in [1.807, 2.05) is 62.4 Å². The van der Waals surface area contributed by atoms with Crippen LogP contribution in [0.5, 0.6) is 0 Å². The molecule has 1 amide bonds. The number of benzene rings is 2. The molecule has 2 aromatic rings. The lowest BCUT2D eigenvalue weighted by atomic mass is 10.1. The lowest BCUT2D eigenvalue weighted by molar-refractivity contribution is -0.112. The quantitative estimate of drug-likeness (QED) is 0.614. The summed E-state index contributed by atoms with van der Waals surface area (Å²) in [6.07, 6.45) is 1.40. The summed E-state index contributed by atoms with van der Waals surface area (Å²) in [5, 5.41) is 14.9. The molecule has 0 atom stereocenters. The summed E-state index contributed by atoms with van der Waals surface area (Å²) >= 11 is 3.37. The van der Waals surface area contributed by atoms with Gasteiger partial charge in [0, 0.05) is 22.0 Å². The summed E-state index contributed by atoms with van der Waals surface area (Å²) in [7, 11) is 0. The molecular formula is C18H16BrN3O. The van der Waals surface area contributed by atoms with Gasteiger partial charge in [-0.15, -0.1) is 0 Å². The highest BCUT2D eigenvalue weighted by atomic mass is 79.9. The van der Waals surface area contributed by atoms with Gasteiger partial charge in [-0.2, -0.15) is 5.26 Å². The maximum atomic E-state index is 12.2. The van der Waals surface area contributed by atoms with E-state index in [0.29, 0.717) is 5.69 Å². The lowest BCUT2D eigenvalue weighted by Gasteiger charge is -2.10. The molecule has 2 aromatic carbocycles. The molecule has 0 heterocycles. The maximum Gasteiger partial charge on any atom is 0.267 e. The van der Waals surface area contributed by atoms with E-state index < -0.39 is 5.91 Å². The highest BCUT2D eigenvalue weighted by Gasteiger charge is 2.11. The van der Waals surface area contributed by atoms with Gasteiger partial charge in [0.15, 0.2) is 0 Å². The first-order valence-electron chi connectivity index (χ1n) is 7.01. The number of carbonyl (C=O) groups is 1. The van der Waals surface area contributed by atoms with Crippen molar-refractivity contribution < 1.29 is 4.79 Å². The van der Waals surface area contributed by atoms with Gasteiger partial charge in [0.2, 0.25) is 0 Å². The van der Waals surface area contributed by atoms with Crippen LogP contribution >= 0.6 is 15.9 Å². The van der Waals surface area contributed by atoms with Crippen molar-refractivity contribution >= 4 is 33.2 Å². The number of rotatable bonds is 4. The Morgan fingerprint density at radius 3 is 2.65 bits per heavy atom. The molecule has 2 N–H and O–H groups in total. The van der Waals surface area contributed by atoms with Crippen LogP contribution in [0.1, 0.15) is 11.1 Å². The molecule has 4 nitrogen and oxygen atoms in total. The molecule has 0 unspecified atom stereocenters. The Balaban J connectivity index is 2.14. The minimum atomic E-state index is -0.441. The summed E-state index contributed by atoms with van der Waals surface area (Å²) in [5.41, 5.74) is 3.56. The molecule has 23 heavy (non-hydrogen) atoms. The zero-order valence-corrected chi connectivity index (χ0v) is 14.4. The summed E-state index contributed by atoms with van der Waals surface area (Å²) in [5.74, 6) is -0.441. The topological polar surface area (TPSA) is 64.9 Å². The van der Waals surface area contributed by atoms with Gasteiger partial charge in [-0.05, 0) is 49.2 Å². The van der Waals surface area contributed by atoms with Crippen molar-refractivity contribution in [2.24, 2.45) is 0 Å². The van der Waals surface area contributed by atoms with Crippen LogP contribution in [-0.2, 0) is 4.79 Å². The number of aryl methyl sites for hydroxylation is 1. The third-order valence-electron chi connectivity index (χ3n) is 3.43. The van der Waals surface area contributed by atoms with Gasteiger partial charge < -0.3 is 10.6 Å². The van der Waals surface area contributed by atoms with Crippen LogP contribution in [-0.4, -0.2) is 5.91 Å². The van der Waals surface area contributed by atoms with Gasteiger partial charge in [-0.1, -0.05) is 34.1 Å². The Morgan fingerprint density at radius 1 is 1.22 bits per heavy atom. The number of hydrogen-bond acceptors (Lipinski definition) is 3. The van der Waals surface area contributed by atoms with E-state index in [1.165, 1.54) is 6.20 Å². The Labute approximate surface area is 144 Å². The number of nitrogens with zero attached hydrogens (tertiary/aromatic N) is 1. The first kappa shape index (κ1) is 16.8. The van der Waals surface area contributed by atoms with Crippen molar-refractivity contribution in [2.75, 3.05) is 10.6 Å². The average molecular weight is 370 g/mol. The van der Waals surface area contributed by atoms with Crippen LogP contribution in [0.3, 0.4) is 0 Å². The molecule has 0 aromatic heterocycles. The number of anilines is 2. The highest BCUT2D eigenvalue weighted by molar-refractivity contribution is 9.10. The van der Waals surface area contributed by atoms with E-state index >= 15 is 0 Å². The van der Waals surface area contributed by atoms with Crippen molar-refractivity contribution in [1.29, 1.82) is 5.26 Å². The lowest BCUT2D eigenvalue weighted by Crippen LogP contribution is -2.15. The summed E-state index contributed by atoms with van der Waals surface area (Å²) in [6, 6.07) is 15.0. The van der Waals surface area contributed by atoms with E-state index in [-0.39, 0.29) is 5.57 Å². The minimum Gasteiger partial charge on any atom is -0.360 e. The highest BCUT2D eigenvalue weighted by Crippen LogP contribution is 2.19. The molecule has 116 valence electrons. The second kappa shape index (κ2) is 7.61. The molecular weight excluding hydrogens is 354 g/mol. The number of amides is 1. The summed E-state index contributed by atoms with van der Waals surface area (Å²) in [4.78, 5) is 12.2. The number of halogens is 1. The van der Waals surface area contributed by atoms with Gasteiger partial charge in [0.25, 0.3) is 5.91 Å². The molecule has 0 saturated carbocycles. The van der Waals surface area contributed by atoms with Gasteiger partial charge in [0.1, 0.15) is 11.6 Å². The Hall–Kier alpha value is -2.58. The maximum absolute atomic E-state index is 12.2. The summed E-state index contributed by atoms with van der Waals surface area (Å²) < 4.78 is 0.911. The fourth-order valence-corrected chi connectivity index (χ4v) is 2.36. The predicted molar refractivity (Wildman–Crippen MR) is 96.0 cm³/mol. The van der Waals surface area contributed by atoms with Gasteiger partial charge >= 0.3 is 0 Å². The third kappa shape index (κ3) is 4.44. The molecule has 0 aliphatic carbocycles. The number of hydrogen-bond donors (Lipinski definition) is 2. The Kier molecular flexibility index (Phi) is 5.56. The third-order valence-corrected chi connectivity index (χ3v) is 3.92. The molecule has 2 rings (SSSR count). The van der Waals surface area contributed by atoms with Gasteiger partial charge in [0.05, 0.1) is 0 Å². The monoisotopic (exact) mass is 369 g/mol. The van der Waals surface area contributed by atoms with Crippen molar-refractivity contribution in [2.45, 2.75) is 13.8 Å². The zero-order valence-electron chi connectivity index (χ0n) is 12.9. The first-order valence-corrected chi connectivity index (χ1v) is 7.80. The first-order chi connectivity index (χ1) is 11.0. The standard InChI is InChI=1S/C18H16BrN3O/c1-12-5-3-8-17(13(12)2)22-18(23)14(10-20)11-21-16-7-4-6-15(19)9-16/h3-9,11,21H,1-2H3,(H,22,23)/b14-11-. The largest absolute Gasteiger partial charge is 0.360 e. The van der Waals surface area contributed by atoms with Crippen molar-refractivity contribution in [3.05, 3.63) is 69.8 Å².